The zero-order valence-corrected chi connectivity index (χ0v) is 13.7. The molecule has 2 aromatic carbocycles. The second kappa shape index (κ2) is 6.12. The summed E-state index contributed by atoms with van der Waals surface area (Å²) in [6.45, 7) is 6.01. The molecule has 0 spiro atoms. The van der Waals surface area contributed by atoms with Crippen LogP contribution in [-0.4, -0.2) is 5.11 Å². The first-order valence-electron chi connectivity index (χ1n) is 6.20. The molecule has 0 aliphatic heterocycles. The average Bonchev–Trinajstić information content (AvgIpc) is 2.36. The van der Waals surface area contributed by atoms with Crippen molar-refractivity contribution in [3.63, 3.8) is 0 Å². The maximum absolute atomic E-state index is 9.58. The molecule has 1 nitrogen and oxygen atoms in total. The summed E-state index contributed by atoms with van der Waals surface area (Å²) in [7, 11) is 0. The Bertz CT molecular complexity index is 593. The van der Waals surface area contributed by atoms with Crippen LogP contribution >= 0.6 is 27.7 Å². The van der Waals surface area contributed by atoms with E-state index in [0.717, 1.165) is 14.9 Å². The molecular formula is C16H17BrOS. The van der Waals surface area contributed by atoms with Crippen molar-refractivity contribution in [2.24, 2.45) is 0 Å². The highest BCUT2D eigenvalue weighted by molar-refractivity contribution is 9.10. The smallest absolute Gasteiger partial charge is 0.0762 e. The summed E-state index contributed by atoms with van der Waals surface area (Å²) >= 11 is 5.33. The summed E-state index contributed by atoms with van der Waals surface area (Å²) in [5.41, 5.74) is 3.48. The molecule has 1 unspecified atom stereocenters. The highest BCUT2D eigenvalue weighted by atomic mass is 79.9. The van der Waals surface area contributed by atoms with Gasteiger partial charge in [-0.3, -0.25) is 0 Å². The van der Waals surface area contributed by atoms with Crippen molar-refractivity contribution in [2.75, 3.05) is 0 Å². The molecule has 19 heavy (non-hydrogen) atoms. The van der Waals surface area contributed by atoms with Crippen LogP contribution in [-0.2, 0) is 0 Å². The lowest BCUT2D eigenvalue weighted by molar-refractivity contribution is 0.199. The summed E-state index contributed by atoms with van der Waals surface area (Å²) in [6, 6.07) is 12.5. The van der Waals surface area contributed by atoms with Crippen molar-refractivity contribution in [1.29, 1.82) is 0 Å². The number of hydrogen-bond donors (Lipinski definition) is 1. The zero-order chi connectivity index (χ0) is 14.0. The van der Waals surface area contributed by atoms with E-state index in [1.807, 2.05) is 12.1 Å². The van der Waals surface area contributed by atoms with Crippen LogP contribution in [0.2, 0.25) is 0 Å². The Hall–Kier alpha value is -0.770. The third-order valence-electron chi connectivity index (χ3n) is 3.00. The molecular weight excluding hydrogens is 320 g/mol. The Morgan fingerprint density at radius 3 is 2.42 bits per heavy atom. The quantitative estimate of drug-likeness (QED) is 0.823. The largest absolute Gasteiger partial charge is 0.389 e. The number of rotatable bonds is 3. The Balaban J connectivity index is 2.31. The van der Waals surface area contributed by atoms with Gasteiger partial charge in [0.2, 0.25) is 0 Å². The highest BCUT2D eigenvalue weighted by Crippen LogP contribution is 2.36. The van der Waals surface area contributed by atoms with Crippen LogP contribution < -0.4 is 0 Å². The molecule has 0 saturated heterocycles. The molecule has 2 rings (SSSR count). The lowest BCUT2D eigenvalue weighted by Gasteiger charge is -2.11. The van der Waals surface area contributed by atoms with Crippen molar-refractivity contribution in [3.8, 4) is 0 Å². The standard InChI is InChI=1S/C16H17BrOS/c1-10-4-5-11(2)16(8-10)19-15-7-6-13(12(3)18)9-14(15)17/h4-9,12,18H,1-3H3. The van der Waals surface area contributed by atoms with Gasteiger partial charge >= 0.3 is 0 Å². The third-order valence-corrected chi connectivity index (χ3v) is 5.16. The van der Waals surface area contributed by atoms with Gasteiger partial charge < -0.3 is 5.11 Å². The van der Waals surface area contributed by atoms with Crippen molar-refractivity contribution in [2.45, 2.75) is 36.7 Å². The van der Waals surface area contributed by atoms with E-state index in [4.69, 9.17) is 0 Å². The molecule has 2 aromatic rings. The number of aryl methyl sites for hydroxylation is 2. The molecule has 0 aromatic heterocycles. The van der Waals surface area contributed by atoms with E-state index in [-0.39, 0.29) is 0 Å². The maximum atomic E-state index is 9.58. The predicted molar refractivity (Wildman–Crippen MR) is 84.8 cm³/mol. The number of hydrogen-bond acceptors (Lipinski definition) is 2. The molecule has 3 heteroatoms. The maximum Gasteiger partial charge on any atom is 0.0762 e. The summed E-state index contributed by atoms with van der Waals surface area (Å²) in [6.07, 6.45) is -0.434. The topological polar surface area (TPSA) is 20.2 Å². The average molecular weight is 337 g/mol. The normalized spacial score (nSPS) is 12.5. The summed E-state index contributed by atoms with van der Waals surface area (Å²) in [4.78, 5) is 2.43. The van der Waals surface area contributed by atoms with Crippen LogP contribution in [0, 0.1) is 13.8 Å². The Labute approximate surface area is 127 Å². The third kappa shape index (κ3) is 3.62. The molecule has 0 aliphatic carbocycles. The lowest BCUT2D eigenvalue weighted by Crippen LogP contribution is -1.91. The fourth-order valence-electron chi connectivity index (χ4n) is 1.80. The van der Waals surface area contributed by atoms with E-state index < -0.39 is 6.10 Å². The number of benzene rings is 2. The van der Waals surface area contributed by atoms with E-state index in [9.17, 15) is 5.11 Å². The Morgan fingerprint density at radius 1 is 1.05 bits per heavy atom. The Morgan fingerprint density at radius 2 is 1.79 bits per heavy atom. The molecule has 0 fully saturated rings. The van der Waals surface area contributed by atoms with Gasteiger partial charge in [0.15, 0.2) is 0 Å². The number of halogens is 1. The summed E-state index contributed by atoms with van der Waals surface area (Å²) in [5.74, 6) is 0. The van der Waals surface area contributed by atoms with Gasteiger partial charge in [0.25, 0.3) is 0 Å². The van der Waals surface area contributed by atoms with Gasteiger partial charge in [0.05, 0.1) is 6.10 Å². The van der Waals surface area contributed by atoms with Crippen molar-refractivity contribution in [3.05, 3.63) is 57.6 Å². The molecule has 0 saturated carbocycles. The van der Waals surface area contributed by atoms with Crippen molar-refractivity contribution >= 4 is 27.7 Å². The summed E-state index contributed by atoms with van der Waals surface area (Å²) < 4.78 is 1.02. The Kier molecular flexibility index (Phi) is 4.71. The predicted octanol–water partition coefficient (Wildman–Crippen LogP) is 5.27. The molecule has 100 valence electrons. The van der Waals surface area contributed by atoms with Gasteiger partial charge in [-0.1, -0.05) is 30.0 Å². The molecule has 1 N–H and O–H groups in total. The zero-order valence-electron chi connectivity index (χ0n) is 11.3. The van der Waals surface area contributed by atoms with Crippen LogP contribution in [0.4, 0.5) is 0 Å². The first-order valence-corrected chi connectivity index (χ1v) is 7.81. The first kappa shape index (κ1) is 14.6. The van der Waals surface area contributed by atoms with E-state index in [1.54, 1.807) is 18.7 Å². The van der Waals surface area contributed by atoms with Gasteiger partial charge in [0, 0.05) is 14.3 Å². The molecule has 0 amide bonds. The fourth-order valence-corrected chi connectivity index (χ4v) is 3.44. The molecule has 0 radical (unpaired) electrons. The van der Waals surface area contributed by atoms with Crippen LogP contribution in [0.15, 0.2) is 50.7 Å². The van der Waals surface area contributed by atoms with Crippen LogP contribution in [0.25, 0.3) is 0 Å². The number of aliphatic hydroxyl groups is 1. The minimum absolute atomic E-state index is 0.434. The minimum Gasteiger partial charge on any atom is -0.389 e. The molecule has 0 bridgehead atoms. The second-order valence-electron chi connectivity index (χ2n) is 4.74. The van der Waals surface area contributed by atoms with Gasteiger partial charge in [-0.05, 0) is 71.6 Å². The van der Waals surface area contributed by atoms with Gasteiger partial charge in [0.1, 0.15) is 0 Å². The van der Waals surface area contributed by atoms with Crippen LogP contribution in [0.5, 0.6) is 0 Å². The lowest BCUT2D eigenvalue weighted by atomic mass is 10.1. The van der Waals surface area contributed by atoms with Crippen molar-refractivity contribution in [1.82, 2.24) is 0 Å². The van der Waals surface area contributed by atoms with E-state index in [0.29, 0.717) is 0 Å². The monoisotopic (exact) mass is 336 g/mol. The van der Waals surface area contributed by atoms with Crippen LogP contribution in [0.3, 0.4) is 0 Å². The highest BCUT2D eigenvalue weighted by Gasteiger charge is 2.08. The molecule has 0 heterocycles. The summed E-state index contributed by atoms with van der Waals surface area (Å²) in [5, 5.41) is 9.58. The second-order valence-corrected chi connectivity index (χ2v) is 6.67. The molecule has 1 atom stereocenters. The van der Waals surface area contributed by atoms with Gasteiger partial charge in [-0.25, -0.2) is 0 Å². The fraction of sp³-hybridized carbons (Fsp3) is 0.250. The molecule has 0 aliphatic rings. The van der Waals surface area contributed by atoms with E-state index >= 15 is 0 Å². The first-order chi connectivity index (χ1) is 8.97. The minimum atomic E-state index is -0.434. The van der Waals surface area contributed by atoms with E-state index in [2.05, 4.69) is 54.0 Å². The van der Waals surface area contributed by atoms with Gasteiger partial charge in [-0.2, -0.15) is 0 Å². The van der Waals surface area contributed by atoms with Gasteiger partial charge in [-0.15, -0.1) is 0 Å². The number of aliphatic hydroxyl groups excluding tert-OH is 1. The SMILES string of the molecule is Cc1ccc(C)c(Sc2ccc(C(C)O)cc2Br)c1. The van der Waals surface area contributed by atoms with Crippen molar-refractivity contribution < 1.29 is 5.11 Å². The van der Waals surface area contributed by atoms with Crippen LogP contribution in [0.1, 0.15) is 29.7 Å². The van der Waals surface area contributed by atoms with E-state index in [1.165, 1.54) is 16.0 Å².